The minimum Gasteiger partial charge on any atom is -0.492 e. The molecule has 3 rings (SSSR count). The Hall–Kier alpha value is -3.82. The molecule has 236 valence electrons. The average molecular weight is 598 g/mol. The number of carbonyl (C=O) groups is 3. The number of allylic oxidation sites excluding steroid dienone is 1. The number of likely N-dealkylation sites (tertiary alicyclic amines) is 1. The second-order valence-electron chi connectivity index (χ2n) is 12.5. The van der Waals surface area contributed by atoms with Crippen molar-refractivity contribution in [3.8, 4) is 11.6 Å². The van der Waals surface area contributed by atoms with Gasteiger partial charge in [-0.25, -0.2) is 14.6 Å². The zero-order valence-corrected chi connectivity index (χ0v) is 26.3. The number of carboxylic acids is 1. The standard InChI is InChI=1S/C33H47N3O7/c1-8-10-13-21(3)16-22(4)28(35-32(40)43-33(5,6)7)30(37)36-19-23(17-26(36)31(38)39)20-42-29-25-15-12-11-14-24(25)27(18-34-29)41-9-2/h8,11-12,14-15,18,21-23,26,28H,1,9-10,13,16-17,19-20H2,2-7H3,(H,35,40)(H,38,39)/t21?,22-,23-,26+,28?/m1/s1. The number of hydrogen-bond donors (Lipinski definition) is 2. The first-order chi connectivity index (χ1) is 20.3. The van der Waals surface area contributed by atoms with Crippen LogP contribution in [0.4, 0.5) is 4.79 Å². The lowest BCUT2D eigenvalue weighted by molar-refractivity contribution is -0.149. The van der Waals surface area contributed by atoms with Crippen molar-refractivity contribution in [1.29, 1.82) is 0 Å². The van der Waals surface area contributed by atoms with Crippen molar-refractivity contribution >= 4 is 28.7 Å². The zero-order valence-electron chi connectivity index (χ0n) is 26.3. The fourth-order valence-electron chi connectivity index (χ4n) is 5.60. The number of pyridine rings is 1. The molecule has 2 amide bonds. The van der Waals surface area contributed by atoms with Gasteiger partial charge in [-0.2, -0.15) is 0 Å². The van der Waals surface area contributed by atoms with Crippen LogP contribution < -0.4 is 14.8 Å². The normalized spacial score (nSPS) is 18.9. The summed E-state index contributed by atoms with van der Waals surface area (Å²) < 4.78 is 17.3. The van der Waals surface area contributed by atoms with Gasteiger partial charge in [-0.15, -0.1) is 6.58 Å². The van der Waals surface area contributed by atoms with Gasteiger partial charge in [0.15, 0.2) is 0 Å². The quantitative estimate of drug-likeness (QED) is 0.260. The van der Waals surface area contributed by atoms with E-state index in [1.165, 1.54) is 4.90 Å². The SMILES string of the molecule is C=CCCC(C)C[C@@H](C)C(NC(=O)OC(C)(C)C)C(=O)N1C[C@H](COc2ncc(OCC)c3ccccc23)C[C@H]1C(=O)O. The molecule has 1 aliphatic rings. The summed E-state index contributed by atoms with van der Waals surface area (Å²) in [5.41, 5.74) is -0.753. The summed E-state index contributed by atoms with van der Waals surface area (Å²) in [7, 11) is 0. The number of aliphatic carboxylic acids is 1. The Kier molecular flexibility index (Phi) is 11.8. The molecule has 2 heterocycles. The maximum absolute atomic E-state index is 14.0. The predicted octanol–water partition coefficient (Wildman–Crippen LogP) is 5.84. The Morgan fingerprint density at radius 3 is 2.51 bits per heavy atom. The molecule has 10 nitrogen and oxygen atoms in total. The van der Waals surface area contributed by atoms with Crippen molar-refractivity contribution in [3.63, 3.8) is 0 Å². The van der Waals surface area contributed by atoms with E-state index < -0.39 is 35.7 Å². The summed E-state index contributed by atoms with van der Waals surface area (Å²) in [6, 6.07) is 5.65. The second-order valence-corrected chi connectivity index (χ2v) is 12.5. The number of alkyl carbamates (subject to hydrolysis) is 1. The summed E-state index contributed by atoms with van der Waals surface area (Å²) in [6.45, 7) is 15.8. The number of fused-ring (bicyclic) bond motifs is 1. The fourth-order valence-corrected chi connectivity index (χ4v) is 5.60. The molecule has 1 aliphatic heterocycles. The number of benzene rings is 1. The Morgan fingerprint density at radius 2 is 1.88 bits per heavy atom. The maximum Gasteiger partial charge on any atom is 0.408 e. The topological polar surface area (TPSA) is 127 Å². The number of ether oxygens (including phenoxy) is 3. The highest BCUT2D eigenvalue weighted by Gasteiger charge is 2.44. The fraction of sp³-hybridized carbons (Fsp3) is 0.576. The van der Waals surface area contributed by atoms with E-state index in [0.29, 0.717) is 24.7 Å². The van der Waals surface area contributed by atoms with E-state index in [4.69, 9.17) is 14.2 Å². The summed E-state index contributed by atoms with van der Waals surface area (Å²) in [5, 5.41) is 14.5. The molecule has 0 saturated carbocycles. The van der Waals surface area contributed by atoms with E-state index in [2.05, 4.69) is 23.8 Å². The third-order valence-corrected chi connectivity index (χ3v) is 7.58. The first kappa shape index (κ1) is 33.7. The van der Waals surface area contributed by atoms with E-state index in [-0.39, 0.29) is 37.3 Å². The molecule has 0 spiro atoms. The summed E-state index contributed by atoms with van der Waals surface area (Å²) in [5.74, 6) is -0.689. The van der Waals surface area contributed by atoms with E-state index >= 15 is 0 Å². The van der Waals surface area contributed by atoms with Gasteiger partial charge in [0.25, 0.3) is 0 Å². The molecule has 5 atom stereocenters. The van der Waals surface area contributed by atoms with Gasteiger partial charge in [0.1, 0.15) is 23.4 Å². The molecular weight excluding hydrogens is 550 g/mol. The van der Waals surface area contributed by atoms with Gasteiger partial charge in [0, 0.05) is 23.2 Å². The molecule has 0 bridgehead atoms. The Bertz CT molecular complexity index is 1270. The molecular formula is C33H47N3O7. The molecule has 43 heavy (non-hydrogen) atoms. The molecule has 2 aromatic rings. The predicted molar refractivity (Wildman–Crippen MR) is 165 cm³/mol. The first-order valence-corrected chi connectivity index (χ1v) is 15.1. The first-order valence-electron chi connectivity index (χ1n) is 15.1. The lowest BCUT2D eigenvalue weighted by atomic mass is 9.88. The molecule has 0 radical (unpaired) electrons. The van der Waals surface area contributed by atoms with Gasteiger partial charge in [-0.3, -0.25) is 4.79 Å². The summed E-state index contributed by atoms with van der Waals surface area (Å²) >= 11 is 0. The molecule has 2 unspecified atom stereocenters. The number of carboxylic acid groups (broad SMARTS) is 1. The van der Waals surface area contributed by atoms with Crippen LogP contribution in [0.2, 0.25) is 0 Å². The van der Waals surface area contributed by atoms with Crippen LogP contribution in [0.25, 0.3) is 10.8 Å². The summed E-state index contributed by atoms with van der Waals surface area (Å²) in [4.78, 5) is 44.9. The van der Waals surface area contributed by atoms with Crippen LogP contribution in [0, 0.1) is 17.8 Å². The van der Waals surface area contributed by atoms with Gasteiger partial charge < -0.3 is 29.5 Å². The van der Waals surface area contributed by atoms with Crippen LogP contribution in [0.1, 0.15) is 67.2 Å². The molecule has 1 fully saturated rings. The molecule has 2 N–H and O–H groups in total. The van der Waals surface area contributed by atoms with Crippen LogP contribution in [-0.4, -0.2) is 70.4 Å². The van der Waals surface area contributed by atoms with Crippen LogP contribution in [-0.2, 0) is 14.3 Å². The molecule has 1 aromatic heterocycles. The van der Waals surface area contributed by atoms with Crippen LogP contribution >= 0.6 is 0 Å². The number of aromatic nitrogens is 1. The summed E-state index contributed by atoms with van der Waals surface area (Å²) in [6.07, 6.45) is 5.40. The van der Waals surface area contributed by atoms with Gasteiger partial charge in [0.2, 0.25) is 11.8 Å². The zero-order chi connectivity index (χ0) is 31.7. The molecule has 10 heteroatoms. The lowest BCUT2D eigenvalue weighted by Crippen LogP contribution is -2.55. The highest BCUT2D eigenvalue weighted by Crippen LogP contribution is 2.33. The van der Waals surface area contributed by atoms with Crippen molar-refractivity contribution in [2.45, 2.75) is 84.9 Å². The highest BCUT2D eigenvalue weighted by atomic mass is 16.6. The van der Waals surface area contributed by atoms with Crippen molar-refractivity contribution < 1.29 is 33.7 Å². The van der Waals surface area contributed by atoms with E-state index in [1.54, 1.807) is 27.0 Å². The number of nitrogens with one attached hydrogen (secondary N) is 1. The van der Waals surface area contributed by atoms with Crippen molar-refractivity contribution in [2.75, 3.05) is 19.8 Å². The van der Waals surface area contributed by atoms with Gasteiger partial charge in [-0.05, 0) is 71.3 Å². The van der Waals surface area contributed by atoms with Crippen molar-refractivity contribution in [1.82, 2.24) is 15.2 Å². The number of carbonyl (C=O) groups excluding carboxylic acids is 2. The smallest absolute Gasteiger partial charge is 0.408 e. The monoisotopic (exact) mass is 597 g/mol. The van der Waals surface area contributed by atoms with E-state index in [9.17, 15) is 19.5 Å². The van der Waals surface area contributed by atoms with Gasteiger partial charge in [-0.1, -0.05) is 38.1 Å². The Balaban J connectivity index is 1.79. The molecule has 1 aromatic carbocycles. The molecule has 0 aliphatic carbocycles. The maximum atomic E-state index is 14.0. The van der Waals surface area contributed by atoms with Crippen LogP contribution in [0.5, 0.6) is 11.6 Å². The average Bonchev–Trinajstić information content (AvgIpc) is 3.38. The van der Waals surface area contributed by atoms with Crippen molar-refractivity contribution in [3.05, 3.63) is 43.1 Å². The number of rotatable bonds is 14. The largest absolute Gasteiger partial charge is 0.492 e. The second kappa shape index (κ2) is 15.1. The highest BCUT2D eigenvalue weighted by molar-refractivity contribution is 5.92. The molecule has 1 saturated heterocycles. The van der Waals surface area contributed by atoms with Gasteiger partial charge >= 0.3 is 12.1 Å². The third kappa shape index (κ3) is 9.33. The van der Waals surface area contributed by atoms with Gasteiger partial charge in [0.05, 0.1) is 19.4 Å². The number of amides is 2. The minimum absolute atomic E-state index is 0.177. The Morgan fingerprint density at radius 1 is 1.19 bits per heavy atom. The minimum atomic E-state index is -1.09. The number of hydrogen-bond acceptors (Lipinski definition) is 7. The van der Waals surface area contributed by atoms with E-state index in [0.717, 1.165) is 23.6 Å². The van der Waals surface area contributed by atoms with E-state index in [1.807, 2.05) is 44.2 Å². The number of nitrogens with zero attached hydrogens (tertiary/aromatic N) is 2. The van der Waals surface area contributed by atoms with Crippen LogP contribution in [0.15, 0.2) is 43.1 Å². The van der Waals surface area contributed by atoms with Crippen LogP contribution in [0.3, 0.4) is 0 Å². The van der Waals surface area contributed by atoms with Crippen molar-refractivity contribution in [2.24, 2.45) is 17.8 Å². The Labute approximate surface area is 254 Å². The third-order valence-electron chi connectivity index (χ3n) is 7.58. The lowest BCUT2D eigenvalue weighted by Gasteiger charge is -2.32.